The van der Waals surface area contributed by atoms with Crippen molar-refractivity contribution in [1.29, 1.82) is 0 Å². The Morgan fingerprint density at radius 3 is 2.43 bits per heavy atom. The van der Waals surface area contributed by atoms with Gasteiger partial charge in [-0.15, -0.1) is 0 Å². The van der Waals surface area contributed by atoms with E-state index in [0.717, 1.165) is 59.6 Å². The molecular formula is C25H27N7O3S2. The smallest absolute Gasteiger partial charge is 0.243 e. The minimum absolute atomic E-state index is 0.271. The molecule has 4 heterocycles. The van der Waals surface area contributed by atoms with E-state index in [0.29, 0.717) is 31.4 Å². The molecule has 4 aromatic rings. The molecule has 6 rings (SSSR count). The normalized spacial score (nSPS) is 17.4. The molecule has 0 bridgehead atoms. The number of aromatic amines is 1. The Kier molecular flexibility index (Phi) is 6.41. The van der Waals surface area contributed by atoms with Crippen LogP contribution in [0.3, 0.4) is 0 Å². The van der Waals surface area contributed by atoms with Crippen molar-refractivity contribution in [2.24, 2.45) is 0 Å². The number of nitrogens with one attached hydrogen (secondary N) is 2. The summed E-state index contributed by atoms with van der Waals surface area (Å²) in [6, 6.07) is 14.9. The van der Waals surface area contributed by atoms with Crippen molar-refractivity contribution >= 4 is 60.8 Å². The van der Waals surface area contributed by atoms with E-state index in [4.69, 9.17) is 17.0 Å². The number of thiocarbonyl (C=S) groups is 1. The lowest BCUT2D eigenvalue weighted by Crippen LogP contribution is -2.50. The summed E-state index contributed by atoms with van der Waals surface area (Å²) in [4.78, 5) is 17.1. The van der Waals surface area contributed by atoms with E-state index in [2.05, 4.69) is 36.1 Å². The van der Waals surface area contributed by atoms with Crippen LogP contribution < -0.4 is 10.2 Å². The van der Waals surface area contributed by atoms with Gasteiger partial charge in [0.2, 0.25) is 10.0 Å². The number of benzene rings is 2. The van der Waals surface area contributed by atoms with Crippen LogP contribution in [0.5, 0.6) is 0 Å². The predicted molar refractivity (Wildman–Crippen MR) is 147 cm³/mol. The topological polar surface area (TPSA) is 107 Å². The Hall–Kier alpha value is -3.32. The minimum Gasteiger partial charge on any atom is -0.379 e. The number of rotatable bonds is 4. The van der Waals surface area contributed by atoms with E-state index in [-0.39, 0.29) is 4.90 Å². The molecule has 2 aliphatic heterocycles. The molecule has 37 heavy (non-hydrogen) atoms. The number of aromatic nitrogens is 3. The summed E-state index contributed by atoms with van der Waals surface area (Å²) in [5, 5.41) is 6.03. The number of H-pyrrole nitrogens is 1. The fourth-order valence-electron chi connectivity index (χ4n) is 4.87. The van der Waals surface area contributed by atoms with E-state index in [1.807, 2.05) is 18.2 Å². The lowest BCUT2D eigenvalue weighted by molar-refractivity contribution is 0.0730. The average Bonchev–Trinajstić information content (AvgIpc) is 3.33. The third-order valence-electron chi connectivity index (χ3n) is 6.86. The van der Waals surface area contributed by atoms with Gasteiger partial charge in [0.25, 0.3) is 0 Å². The first-order valence-corrected chi connectivity index (χ1v) is 14.1. The van der Waals surface area contributed by atoms with Gasteiger partial charge in [0, 0.05) is 55.9 Å². The Labute approximate surface area is 220 Å². The Balaban J connectivity index is 1.10. The van der Waals surface area contributed by atoms with Crippen LogP contribution in [0.1, 0.15) is 0 Å². The molecule has 2 saturated heterocycles. The number of hydrogen-bond acceptors (Lipinski definition) is 7. The number of sulfonamides is 1. The van der Waals surface area contributed by atoms with Crippen LogP contribution in [0.25, 0.3) is 21.9 Å². The van der Waals surface area contributed by atoms with Crippen LogP contribution in [-0.4, -0.2) is 90.2 Å². The van der Waals surface area contributed by atoms with Gasteiger partial charge in [-0.3, -0.25) is 0 Å². The summed E-state index contributed by atoms with van der Waals surface area (Å²) in [6.45, 7) is 4.60. The maximum atomic E-state index is 12.9. The van der Waals surface area contributed by atoms with E-state index < -0.39 is 10.0 Å². The maximum absolute atomic E-state index is 12.9. The van der Waals surface area contributed by atoms with Crippen molar-refractivity contribution in [3.05, 3.63) is 54.9 Å². The Morgan fingerprint density at radius 1 is 0.946 bits per heavy atom. The summed E-state index contributed by atoms with van der Waals surface area (Å²) in [7, 11) is -3.52. The van der Waals surface area contributed by atoms with Gasteiger partial charge in [-0.05, 0) is 42.5 Å². The summed E-state index contributed by atoms with van der Waals surface area (Å²) in [6.07, 6.45) is 1.61. The third kappa shape index (κ3) is 4.61. The monoisotopic (exact) mass is 537 g/mol. The number of morpholine rings is 1. The standard InChI is InChI=1S/C25H27N7O3S2/c33-37(34,32-13-15-35-16-14-32)19-7-5-18(6-8-19)28-25(36)31-11-9-30(10-12-31)24-22-20-3-1-2-4-21(20)29-23(22)26-17-27-24/h1-8,17H,9-16H2,(H,28,36)(H,26,27,29). The lowest BCUT2D eigenvalue weighted by Gasteiger charge is -2.37. The molecule has 0 atom stereocenters. The molecule has 192 valence electrons. The highest BCUT2D eigenvalue weighted by Crippen LogP contribution is 2.31. The van der Waals surface area contributed by atoms with Crippen molar-refractivity contribution < 1.29 is 13.2 Å². The van der Waals surface area contributed by atoms with Crippen LogP contribution in [0.15, 0.2) is 59.8 Å². The number of fused-ring (bicyclic) bond motifs is 3. The molecule has 0 aliphatic carbocycles. The molecule has 2 aromatic heterocycles. The van der Waals surface area contributed by atoms with Gasteiger partial charge < -0.3 is 24.8 Å². The SMILES string of the molecule is O=S(=O)(c1ccc(NC(=S)N2CCN(c3ncnc4[nH]c5ccccc5c34)CC2)cc1)N1CCOCC1. The van der Waals surface area contributed by atoms with Crippen LogP contribution >= 0.6 is 12.2 Å². The number of piperazine rings is 1. The molecule has 0 saturated carbocycles. The first-order chi connectivity index (χ1) is 18.0. The molecule has 2 N–H and O–H groups in total. The molecule has 0 radical (unpaired) electrons. The number of ether oxygens (including phenoxy) is 1. The minimum atomic E-state index is -3.52. The van der Waals surface area contributed by atoms with Gasteiger partial charge in [0.05, 0.1) is 23.5 Å². The van der Waals surface area contributed by atoms with E-state index in [9.17, 15) is 8.42 Å². The van der Waals surface area contributed by atoms with Gasteiger partial charge in [0.15, 0.2) is 5.11 Å². The van der Waals surface area contributed by atoms with Gasteiger partial charge in [-0.2, -0.15) is 4.31 Å². The van der Waals surface area contributed by atoms with Crippen molar-refractivity contribution in [2.75, 3.05) is 62.7 Å². The van der Waals surface area contributed by atoms with Gasteiger partial charge in [-0.1, -0.05) is 18.2 Å². The molecule has 0 spiro atoms. The van der Waals surface area contributed by atoms with Gasteiger partial charge >= 0.3 is 0 Å². The quantitative estimate of drug-likeness (QED) is 0.380. The van der Waals surface area contributed by atoms with E-state index >= 15 is 0 Å². The highest BCUT2D eigenvalue weighted by Gasteiger charge is 2.27. The Morgan fingerprint density at radius 2 is 1.68 bits per heavy atom. The first-order valence-electron chi connectivity index (χ1n) is 12.2. The molecule has 2 aromatic carbocycles. The molecule has 0 amide bonds. The fourth-order valence-corrected chi connectivity index (χ4v) is 6.58. The molecule has 12 heteroatoms. The average molecular weight is 538 g/mol. The van der Waals surface area contributed by atoms with Crippen molar-refractivity contribution in [3.8, 4) is 0 Å². The van der Waals surface area contributed by atoms with Gasteiger partial charge in [-0.25, -0.2) is 18.4 Å². The molecule has 2 fully saturated rings. The summed E-state index contributed by atoms with van der Waals surface area (Å²) in [5.41, 5.74) is 2.64. The second-order valence-electron chi connectivity index (χ2n) is 9.04. The second-order valence-corrected chi connectivity index (χ2v) is 11.4. The largest absolute Gasteiger partial charge is 0.379 e. The number of nitrogens with zero attached hydrogens (tertiary/aromatic N) is 5. The number of hydrogen-bond donors (Lipinski definition) is 2. The van der Waals surface area contributed by atoms with Crippen molar-refractivity contribution in [2.45, 2.75) is 4.90 Å². The predicted octanol–water partition coefficient (Wildman–Crippen LogP) is 2.65. The zero-order valence-electron chi connectivity index (χ0n) is 20.1. The third-order valence-corrected chi connectivity index (χ3v) is 9.13. The first kappa shape index (κ1) is 24.0. The molecule has 0 unspecified atom stereocenters. The van der Waals surface area contributed by atoms with Crippen LogP contribution in [0, 0.1) is 0 Å². The number of anilines is 2. The van der Waals surface area contributed by atoms with Crippen LogP contribution in [0.2, 0.25) is 0 Å². The summed E-state index contributed by atoms with van der Waals surface area (Å²) in [5.74, 6) is 0.929. The highest BCUT2D eigenvalue weighted by atomic mass is 32.2. The zero-order chi connectivity index (χ0) is 25.4. The van der Waals surface area contributed by atoms with Crippen LogP contribution in [0.4, 0.5) is 11.5 Å². The molecule has 2 aliphatic rings. The zero-order valence-corrected chi connectivity index (χ0v) is 21.8. The van der Waals surface area contributed by atoms with E-state index in [1.54, 1.807) is 30.6 Å². The van der Waals surface area contributed by atoms with Crippen LogP contribution in [-0.2, 0) is 14.8 Å². The maximum Gasteiger partial charge on any atom is 0.243 e. The van der Waals surface area contributed by atoms with E-state index in [1.165, 1.54) is 4.31 Å². The van der Waals surface area contributed by atoms with Crippen molar-refractivity contribution in [3.63, 3.8) is 0 Å². The lowest BCUT2D eigenvalue weighted by atomic mass is 10.2. The van der Waals surface area contributed by atoms with Crippen molar-refractivity contribution in [1.82, 2.24) is 24.2 Å². The number of para-hydroxylation sites is 1. The van der Waals surface area contributed by atoms with Gasteiger partial charge in [0.1, 0.15) is 17.8 Å². The highest BCUT2D eigenvalue weighted by molar-refractivity contribution is 7.89. The Bertz CT molecular complexity index is 1540. The molecule has 10 nitrogen and oxygen atoms in total. The second kappa shape index (κ2) is 9.86. The summed E-state index contributed by atoms with van der Waals surface area (Å²) >= 11 is 5.67. The summed E-state index contributed by atoms with van der Waals surface area (Å²) < 4.78 is 32.4. The molecular weight excluding hydrogens is 510 g/mol. The fraction of sp³-hybridized carbons (Fsp3) is 0.320.